The highest BCUT2D eigenvalue weighted by atomic mass is 32.1. The highest BCUT2D eigenvalue weighted by Crippen LogP contribution is 2.25. The standard InChI is InChI=1S/C11H10FNO2S/c1-2-3-7(5-10(12)13)9-4-8(6-16-9)11(14)15/h2-6H,1,13H2,(H,14,15)/b7-3+,10-5-. The van der Waals surface area contributed by atoms with Gasteiger partial charge in [-0.1, -0.05) is 18.7 Å². The Labute approximate surface area is 96.0 Å². The molecule has 0 fully saturated rings. The van der Waals surface area contributed by atoms with Crippen LogP contribution in [0.25, 0.3) is 5.57 Å². The molecule has 0 aliphatic carbocycles. The number of thiophene rings is 1. The molecule has 3 N–H and O–H groups in total. The van der Waals surface area contributed by atoms with Crippen LogP contribution in [0.4, 0.5) is 4.39 Å². The third kappa shape index (κ3) is 3.06. The van der Waals surface area contributed by atoms with Crippen LogP contribution in [0.3, 0.4) is 0 Å². The van der Waals surface area contributed by atoms with Crippen molar-refractivity contribution in [3.63, 3.8) is 0 Å². The van der Waals surface area contributed by atoms with Crippen LogP contribution in [-0.4, -0.2) is 11.1 Å². The third-order valence-electron chi connectivity index (χ3n) is 1.72. The zero-order valence-corrected chi connectivity index (χ0v) is 9.13. The number of rotatable bonds is 4. The summed E-state index contributed by atoms with van der Waals surface area (Å²) in [7, 11) is 0. The molecule has 1 heterocycles. The molecule has 0 aliphatic heterocycles. The van der Waals surface area contributed by atoms with Gasteiger partial charge in [0.2, 0.25) is 0 Å². The average Bonchev–Trinajstić information content (AvgIpc) is 2.65. The zero-order valence-electron chi connectivity index (χ0n) is 8.31. The van der Waals surface area contributed by atoms with Crippen molar-refractivity contribution >= 4 is 22.9 Å². The number of carboxylic acids is 1. The van der Waals surface area contributed by atoms with Crippen LogP contribution < -0.4 is 5.73 Å². The zero-order chi connectivity index (χ0) is 12.1. The Kier molecular flexibility index (Phi) is 4.02. The van der Waals surface area contributed by atoms with Crippen LogP contribution >= 0.6 is 11.3 Å². The smallest absolute Gasteiger partial charge is 0.336 e. The molecule has 0 saturated heterocycles. The molecule has 1 aromatic rings. The Morgan fingerprint density at radius 2 is 2.31 bits per heavy atom. The van der Waals surface area contributed by atoms with E-state index in [1.165, 1.54) is 28.9 Å². The van der Waals surface area contributed by atoms with Gasteiger partial charge in [0.1, 0.15) is 0 Å². The Balaban J connectivity index is 3.12. The van der Waals surface area contributed by atoms with Gasteiger partial charge in [-0.3, -0.25) is 0 Å². The van der Waals surface area contributed by atoms with Crippen LogP contribution in [0.2, 0.25) is 0 Å². The van der Waals surface area contributed by atoms with E-state index in [2.05, 4.69) is 6.58 Å². The average molecular weight is 239 g/mol. The van der Waals surface area contributed by atoms with E-state index in [0.717, 1.165) is 6.08 Å². The van der Waals surface area contributed by atoms with Crippen molar-refractivity contribution < 1.29 is 14.3 Å². The second-order valence-electron chi connectivity index (χ2n) is 2.89. The van der Waals surface area contributed by atoms with Crippen LogP contribution in [-0.2, 0) is 0 Å². The first-order valence-electron chi connectivity index (χ1n) is 4.32. The predicted molar refractivity (Wildman–Crippen MR) is 62.8 cm³/mol. The van der Waals surface area contributed by atoms with Gasteiger partial charge in [0.15, 0.2) is 5.95 Å². The summed E-state index contributed by atoms with van der Waals surface area (Å²) < 4.78 is 12.6. The van der Waals surface area contributed by atoms with Crippen molar-refractivity contribution in [2.24, 2.45) is 5.73 Å². The Hall–Kier alpha value is -1.88. The molecule has 0 aliphatic rings. The van der Waals surface area contributed by atoms with Gasteiger partial charge in [0.25, 0.3) is 0 Å². The molecule has 0 radical (unpaired) electrons. The Morgan fingerprint density at radius 3 is 2.75 bits per heavy atom. The van der Waals surface area contributed by atoms with Gasteiger partial charge in [-0.2, -0.15) is 4.39 Å². The Morgan fingerprint density at radius 1 is 1.62 bits per heavy atom. The summed E-state index contributed by atoms with van der Waals surface area (Å²) in [6.45, 7) is 3.49. The fourth-order valence-electron chi connectivity index (χ4n) is 1.08. The molecule has 5 heteroatoms. The lowest BCUT2D eigenvalue weighted by Gasteiger charge is -1.96. The van der Waals surface area contributed by atoms with Crippen LogP contribution in [0.5, 0.6) is 0 Å². The minimum Gasteiger partial charge on any atom is -0.478 e. The van der Waals surface area contributed by atoms with Gasteiger partial charge >= 0.3 is 5.97 Å². The summed E-state index contributed by atoms with van der Waals surface area (Å²) in [6.07, 6.45) is 4.16. The number of hydrogen-bond donors (Lipinski definition) is 2. The minimum atomic E-state index is -1.02. The lowest BCUT2D eigenvalue weighted by molar-refractivity contribution is 0.0697. The van der Waals surface area contributed by atoms with Crippen LogP contribution in [0.1, 0.15) is 15.2 Å². The SMILES string of the molecule is C=C/C=C(\C=C(/N)F)c1cc(C(=O)O)cs1. The Bertz CT molecular complexity index is 470. The fourth-order valence-corrected chi connectivity index (χ4v) is 1.96. The summed E-state index contributed by atoms with van der Waals surface area (Å²) in [5.41, 5.74) is 5.60. The van der Waals surface area contributed by atoms with Gasteiger partial charge in [0, 0.05) is 10.3 Å². The molecule has 0 aromatic carbocycles. The number of carbonyl (C=O) groups is 1. The maximum atomic E-state index is 12.6. The monoisotopic (exact) mass is 239 g/mol. The molecular weight excluding hydrogens is 229 g/mol. The van der Waals surface area contributed by atoms with Gasteiger partial charge < -0.3 is 10.8 Å². The molecule has 0 unspecified atom stereocenters. The van der Waals surface area contributed by atoms with Gasteiger partial charge in [-0.15, -0.1) is 11.3 Å². The van der Waals surface area contributed by atoms with Gasteiger partial charge in [0.05, 0.1) is 5.56 Å². The minimum absolute atomic E-state index is 0.167. The summed E-state index contributed by atoms with van der Waals surface area (Å²) in [5, 5.41) is 10.2. The van der Waals surface area contributed by atoms with E-state index < -0.39 is 11.9 Å². The highest BCUT2D eigenvalue weighted by Gasteiger charge is 2.08. The van der Waals surface area contributed by atoms with E-state index in [0.29, 0.717) is 10.5 Å². The second-order valence-corrected chi connectivity index (χ2v) is 3.80. The lowest BCUT2D eigenvalue weighted by atomic mass is 10.1. The molecule has 0 saturated carbocycles. The lowest BCUT2D eigenvalue weighted by Crippen LogP contribution is -1.92. The van der Waals surface area contributed by atoms with Crippen molar-refractivity contribution in [1.29, 1.82) is 0 Å². The van der Waals surface area contributed by atoms with Gasteiger partial charge in [-0.25, -0.2) is 4.79 Å². The fraction of sp³-hybridized carbons (Fsp3) is 0. The maximum Gasteiger partial charge on any atom is 0.336 e. The topological polar surface area (TPSA) is 63.3 Å². The number of aromatic carboxylic acids is 1. The normalized spacial score (nSPS) is 12.6. The molecule has 3 nitrogen and oxygen atoms in total. The van der Waals surface area contributed by atoms with E-state index >= 15 is 0 Å². The third-order valence-corrected chi connectivity index (χ3v) is 2.70. The first kappa shape index (κ1) is 12.2. The molecule has 84 valence electrons. The summed E-state index contributed by atoms with van der Waals surface area (Å²) in [4.78, 5) is 11.3. The first-order chi connectivity index (χ1) is 7.54. The van der Waals surface area contributed by atoms with Crippen molar-refractivity contribution in [1.82, 2.24) is 0 Å². The first-order valence-corrected chi connectivity index (χ1v) is 5.20. The second kappa shape index (κ2) is 5.27. The van der Waals surface area contributed by atoms with Crippen LogP contribution in [0, 0.1) is 0 Å². The quantitative estimate of drug-likeness (QED) is 0.627. The van der Waals surface area contributed by atoms with Gasteiger partial charge in [-0.05, 0) is 17.7 Å². The molecule has 0 atom stereocenters. The predicted octanol–water partition coefficient (Wildman–Crippen LogP) is 2.79. The van der Waals surface area contributed by atoms with Crippen molar-refractivity contribution in [2.75, 3.05) is 0 Å². The molecule has 0 amide bonds. The molecule has 1 aromatic heterocycles. The van der Waals surface area contributed by atoms with Crippen LogP contribution in [0.15, 0.2) is 42.2 Å². The molecule has 1 rings (SSSR count). The maximum absolute atomic E-state index is 12.6. The summed E-state index contributed by atoms with van der Waals surface area (Å²) >= 11 is 1.20. The number of nitrogens with two attached hydrogens (primary N) is 1. The molecular formula is C11H10FNO2S. The van der Waals surface area contributed by atoms with Crippen molar-refractivity contribution in [2.45, 2.75) is 0 Å². The van der Waals surface area contributed by atoms with E-state index in [-0.39, 0.29) is 5.56 Å². The summed E-state index contributed by atoms with van der Waals surface area (Å²) in [6, 6.07) is 1.46. The van der Waals surface area contributed by atoms with E-state index in [4.69, 9.17) is 10.8 Å². The number of allylic oxidation sites excluding steroid dienone is 4. The van der Waals surface area contributed by atoms with E-state index in [1.54, 1.807) is 6.08 Å². The largest absolute Gasteiger partial charge is 0.478 e. The number of halogens is 1. The number of hydrogen-bond acceptors (Lipinski definition) is 3. The molecule has 16 heavy (non-hydrogen) atoms. The van der Waals surface area contributed by atoms with E-state index in [9.17, 15) is 9.18 Å². The highest BCUT2D eigenvalue weighted by molar-refractivity contribution is 7.11. The summed E-state index contributed by atoms with van der Waals surface area (Å²) in [5.74, 6) is -1.85. The van der Waals surface area contributed by atoms with E-state index in [1.807, 2.05) is 0 Å². The molecule has 0 bridgehead atoms. The van der Waals surface area contributed by atoms with Crippen molar-refractivity contribution in [3.8, 4) is 0 Å². The molecule has 0 spiro atoms. The number of carboxylic acid groups (broad SMARTS) is 1. The van der Waals surface area contributed by atoms with Crippen molar-refractivity contribution in [3.05, 3.63) is 52.6 Å².